The van der Waals surface area contributed by atoms with Crippen molar-refractivity contribution in [1.29, 1.82) is 0 Å². The number of fused-ring (bicyclic) bond motifs is 1. The van der Waals surface area contributed by atoms with Gasteiger partial charge in [-0.15, -0.1) is 0 Å². The summed E-state index contributed by atoms with van der Waals surface area (Å²) in [5.41, 5.74) is 8.38. The lowest BCUT2D eigenvalue weighted by molar-refractivity contribution is -0.115. The number of hydrogen-bond acceptors (Lipinski definition) is 5. The predicted octanol–water partition coefficient (Wildman–Crippen LogP) is 2.75. The van der Waals surface area contributed by atoms with Crippen molar-refractivity contribution in [3.8, 4) is 0 Å². The van der Waals surface area contributed by atoms with Gasteiger partial charge in [0, 0.05) is 43.0 Å². The highest BCUT2D eigenvalue weighted by molar-refractivity contribution is 5.92. The normalized spacial score (nSPS) is 24.5. The molecule has 7 nitrogen and oxygen atoms in total. The van der Waals surface area contributed by atoms with Gasteiger partial charge in [-0.25, -0.2) is 14.2 Å². The molecule has 2 aliphatic heterocycles. The standard InChI is InChI=1S/C24H26F2N6O/c1-32-13-15(11-28-32)24-16-10-19(27-12-20(16)30-31-24)22-17(25)7-8-18(23(22)26)29-21(33)9-14-5-3-2-4-6-14/h2-8,11,13,16,19-20,24,27,30-31H,9-10,12H2,1H3,(H,29,33). The van der Waals surface area contributed by atoms with Gasteiger partial charge in [-0.1, -0.05) is 30.3 Å². The van der Waals surface area contributed by atoms with Crippen molar-refractivity contribution in [2.24, 2.45) is 13.0 Å². The van der Waals surface area contributed by atoms with Gasteiger partial charge in [-0.05, 0) is 30.0 Å². The fourth-order valence-corrected chi connectivity index (χ4v) is 4.88. The minimum absolute atomic E-state index is 0.00631. The van der Waals surface area contributed by atoms with Crippen LogP contribution in [0.2, 0.25) is 0 Å². The van der Waals surface area contributed by atoms with E-state index in [0.717, 1.165) is 11.1 Å². The number of rotatable bonds is 5. The third-order valence-corrected chi connectivity index (χ3v) is 6.50. The zero-order valence-corrected chi connectivity index (χ0v) is 18.2. The van der Waals surface area contributed by atoms with Crippen LogP contribution in [-0.2, 0) is 18.3 Å². The van der Waals surface area contributed by atoms with Gasteiger partial charge < -0.3 is 10.6 Å². The van der Waals surface area contributed by atoms with Crippen molar-refractivity contribution in [1.82, 2.24) is 25.9 Å². The minimum Gasteiger partial charge on any atom is -0.323 e. The number of carbonyl (C=O) groups excluding carboxylic acids is 1. The monoisotopic (exact) mass is 452 g/mol. The second-order valence-electron chi connectivity index (χ2n) is 8.71. The van der Waals surface area contributed by atoms with E-state index in [4.69, 9.17) is 0 Å². The summed E-state index contributed by atoms with van der Waals surface area (Å²) in [6.45, 7) is 0.558. The molecule has 172 valence electrons. The molecule has 0 bridgehead atoms. The van der Waals surface area contributed by atoms with Crippen molar-refractivity contribution < 1.29 is 13.6 Å². The zero-order chi connectivity index (χ0) is 22.9. The number of benzene rings is 2. The Kier molecular flexibility index (Phi) is 5.92. The molecular weight excluding hydrogens is 426 g/mol. The number of aromatic nitrogens is 2. The first-order chi connectivity index (χ1) is 16.0. The molecule has 2 saturated heterocycles. The van der Waals surface area contributed by atoms with Crippen LogP contribution in [0.1, 0.15) is 35.2 Å². The van der Waals surface area contributed by atoms with E-state index in [-0.39, 0.29) is 41.6 Å². The van der Waals surface area contributed by atoms with Gasteiger partial charge in [-0.2, -0.15) is 5.10 Å². The Morgan fingerprint density at radius 2 is 2.00 bits per heavy atom. The number of amides is 1. The second-order valence-corrected chi connectivity index (χ2v) is 8.71. The fraction of sp³-hybridized carbons (Fsp3) is 0.333. The summed E-state index contributed by atoms with van der Waals surface area (Å²) in [4.78, 5) is 12.4. The fourth-order valence-electron chi connectivity index (χ4n) is 4.88. The number of hydrazine groups is 1. The quantitative estimate of drug-likeness (QED) is 0.479. The topological polar surface area (TPSA) is 83.0 Å². The van der Waals surface area contributed by atoms with Gasteiger partial charge in [0.05, 0.1) is 24.3 Å². The average molecular weight is 453 g/mol. The molecule has 1 aromatic heterocycles. The molecule has 4 N–H and O–H groups in total. The smallest absolute Gasteiger partial charge is 0.228 e. The maximum absolute atomic E-state index is 15.4. The van der Waals surface area contributed by atoms with Gasteiger partial charge in [0.2, 0.25) is 5.91 Å². The molecular formula is C24H26F2N6O. The number of hydrogen-bond donors (Lipinski definition) is 4. The average Bonchev–Trinajstić information content (AvgIpc) is 3.42. The predicted molar refractivity (Wildman–Crippen MR) is 120 cm³/mol. The van der Waals surface area contributed by atoms with E-state index in [0.29, 0.717) is 13.0 Å². The maximum Gasteiger partial charge on any atom is 0.228 e. The molecule has 0 radical (unpaired) electrons. The number of carbonyl (C=O) groups is 1. The number of nitrogens with zero attached hydrogens (tertiary/aromatic N) is 2. The van der Waals surface area contributed by atoms with Crippen LogP contribution in [0.15, 0.2) is 54.9 Å². The summed E-state index contributed by atoms with van der Waals surface area (Å²) in [7, 11) is 1.86. The van der Waals surface area contributed by atoms with E-state index in [1.165, 1.54) is 12.1 Å². The summed E-state index contributed by atoms with van der Waals surface area (Å²) in [5.74, 6) is -1.59. The minimum atomic E-state index is -0.732. The SMILES string of the molecule is Cn1cc(C2NNC3CNC(c4c(F)ccc(NC(=O)Cc5ccccc5)c4F)CC32)cn1. The van der Waals surface area contributed by atoms with Crippen LogP contribution in [0.4, 0.5) is 14.5 Å². The highest BCUT2D eigenvalue weighted by atomic mass is 19.1. The van der Waals surface area contributed by atoms with Crippen molar-refractivity contribution in [3.05, 3.63) is 83.2 Å². The molecule has 2 aliphatic rings. The lowest BCUT2D eigenvalue weighted by atomic mass is 9.80. The van der Waals surface area contributed by atoms with Crippen LogP contribution in [0.25, 0.3) is 0 Å². The number of aryl methyl sites for hydroxylation is 1. The Morgan fingerprint density at radius 3 is 2.76 bits per heavy atom. The van der Waals surface area contributed by atoms with E-state index in [9.17, 15) is 9.18 Å². The maximum atomic E-state index is 15.4. The molecule has 0 saturated carbocycles. The Hall–Kier alpha value is -3.14. The summed E-state index contributed by atoms with van der Waals surface area (Å²) in [6, 6.07) is 11.3. The van der Waals surface area contributed by atoms with Gasteiger partial charge in [-0.3, -0.25) is 14.9 Å². The largest absolute Gasteiger partial charge is 0.323 e. The Bertz CT molecular complexity index is 1150. The van der Waals surface area contributed by atoms with Crippen LogP contribution >= 0.6 is 0 Å². The Labute approximate surface area is 190 Å². The van der Waals surface area contributed by atoms with E-state index in [1.54, 1.807) is 4.68 Å². The lowest BCUT2D eigenvalue weighted by Gasteiger charge is -2.34. The highest BCUT2D eigenvalue weighted by Gasteiger charge is 2.43. The van der Waals surface area contributed by atoms with E-state index in [1.807, 2.05) is 49.8 Å². The van der Waals surface area contributed by atoms with Crippen molar-refractivity contribution in [2.45, 2.75) is 31.0 Å². The first kappa shape index (κ1) is 21.7. The molecule has 4 unspecified atom stereocenters. The van der Waals surface area contributed by atoms with E-state index >= 15 is 4.39 Å². The van der Waals surface area contributed by atoms with Crippen molar-refractivity contribution in [2.75, 3.05) is 11.9 Å². The van der Waals surface area contributed by atoms with Gasteiger partial charge >= 0.3 is 0 Å². The van der Waals surface area contributed by atoms with Crippen molar-refractivity contribution in [3.63, 3.8) is 0 Å². The number of nitrogens with one attached hydrogen (secondary N) is 4. The second kappa shape index (κ2) is 9.01. The van der Waals surface area contributed by atoms with Crippen LogP contribution in [-0.4, -0.2) is 28.3 Å². The molecule has 0 spiro atoms. The van der Waals surface area contributed by atoms with E-state index in [2.05, 4.69) is 26.6 Å². The number of piperidine rings is 1. The molecule has 4 atom stereocenters. The third-order valence-electron chi connectivity index (χ3n) is 6.50. The molecule has 5 rings (SSSR count). The van der Waals surface area contributed by atoms with Crippen LogP contribution < -0.4 is 21.5 Å². The van der Waals surface area contributed by atoms with Gasteiger partial charge in [0.25, 0.3) is 0 Å². The molecule has 33 heavy (non-hydrogen) atoms. The first-order valence-electron chi connectivity index (χ1n) is 11.0. The molecule has 1 amide bonds. The molecule has 0 aliphatic carbocycles. The Balaban J connectivity index is 1.35. The highest BCUT2D eigenvalue weighted by Crippen LogP contribution is 2.40. The lowest BCUT2D eigenvalue weighted by Crippen LogP contribution is -2.46. The van der Waals surface area contributed by atoms with Crippen LogP contribution in [0, 0.1) is 17.6 Å². The summed E-state index contributed by atoms with van der Waals surface area (Å²) >= 11 is 0. The molecule has 2 aromatic carbocycles. The third kappa shape index (κ3) is 4.39. The summed E-state index contributed by atoms with van der Waals surface area (Å²) in [5, 5.41) is 10.1. The van der Waals surface area contributed by atoms with E-state index < -0.39 is 17.7 Å². The zero-order valence-electron chi connectivity index (χ0n) is 18.2. The van der Waals surface area contributed by atoms with Gasteiger partial charge in [0.15, 0.2) is 5.82 Å². The first-order valence-corrected chi connectivity index (χ1v) is 11.0. The van der Waals surface area contributed by atoms with Crippen molar-refractivity contribution >= 4 is 11.6 Å². The molecule has 2 fully saturated rings. The van der Waals surface area contributed by atoms with Gasteiger partial charge in [0.1, 0.15) is 5.82 Å². The molecule has 3 aromatic rings. The number of anilines is 1. The number of halogens is 2. The van der Waals surface area contributed by atoms with Crippen LogP contribution in [0.5, 0.6) is 0 Å². The molecule has 9 heteroatoms. The van der Waals surface area contributed by atoms with Crippen LogP contribution in [0.3, 0.4) is 0 Å². The Morgan fingerprint density at radius 1 is 1.18 bits per heavy atom. The summed E-state index contributed by atoms with van der Waals surface area (Å²) in [6.07, 6.45) is 4.40. The summed E-state index contributed by atoms with van der Waals surface area (Å²) < 4.78 is 32.0. The molecule has 3 heterocycles.